The number of nitrogens with one attached hydrogen (secondary N) is 2. The van der Waals surface area contributed by atoms with E-state index < -0.39 is 46.0 Å². The van der Waals surface area contributed by atoms with Gasteiger partial charge < -0.3 is 10.4 Å². The van der Waals surface area contributed by atoms with Crippen LogP contribution in [0.4, 0.5) is 24.8 Å². The Morgan fingerprint density at radius 1 is 1.19 bits per heavy atom. The third kappa shape index (κ3) is 5.47. The summed E-state index contributed by atoms with van der Waals surface area (Å²) in [6.07, 6.45) is -0.137. The van der Waals surface area contributed by atoms with E-state index in [1.807, 2.05) is 4.90 Å². The first-order valence-corrected chi connectivity index (χ1v) is 11.9. The van der Waals surface area contributed by atoms with Gasteiger partial charge in [0, 0.05) is 30.3 Å². The average Bonchev–Trinajstić information content (AvgIpc) is 3.25. The number of carbonyl (C=O) groups is 2. The zero-order chi connectivity index (χ0) is 26.9. The highest BCUT2D eigenvalue weighted by Crippen LogP contribution is 2.38. The van der Waals surface area contributed by atoms with E-state index in [9.17, 15) is 19.1 Å². The van der Waals surface area contributed by atoms with Crippen LogP contribution in [0, 0.1) is 29.8 Å². The van der Waals surface area contributed by atoms with Crippen molar-refractivity contribution >= 4 is 35.0 Å². The summed E-state index contributed by atoms with van der Waals surface area (Å²) in [5, 5.41) is 19.4. The largest absolute Gasteiger partial charge is 0.481 e. The molecular weight excluding hydrogens is 511 g/mol. The molecule has 1 aliphatic rings. The van der Waals surface area contributed by atoms with E-state index in [1.54, 1.807) is 25.1 Å². The number of carboxylic acid groups (broad SMARTS) is 1. The fraction of sp³-hybridized carbons (Fsp3) is 0.360. The topological polar surface area (TPSA) is 111 Å². The van der Waals surface area contributed by atoms with Crippen LogP contribution in [0.1, 0.15) is 47.1 Å². The Labute approximate surface area is 215 Å². The van der Waals surface area contributed by atoms with Crippen LogP contribution in [0.2, 0.25) is 5.02 Å². The summed E-state index contributed by atoms with van der Waals surface area (Å²) < 4.78 is 44.7. The van der Waals surface area contributed by atoms with E-state index in [2.05, 4.69) is 20.5 Å². The van der Waals surface area contributed by atoms with Crippen molar-refractivity contribution in [2.75, 3.05) is 18.4 Å². The summed E-state index contributed by atoms with van der Waals surface area (Å²) in [5.74, 6) is -5.14. The second-order valence-electron chi connectivity index (χ2n) is 9.28. The van der Waals surface area contributed by atoms with Crippen LogP contribution in [-0.2, 0) is 17.8 Å². The second kappa shape index (κ2) is 10.5. The van der Waals surface area contributed by atoms with Crippen LogP contribution in [0.5, 0.6) is 0 Å². The van der Waals surface area contributed by atoms with E-state index in [0.29, 0.717) is 11.3 Å². The number of H-pyrrole nitrogens is 1. The molecule has 0 atom stereocenters. The molecule has 4 rings (SSSR count). The molecule has 37 heavy (non-hydrogen) atoms. The Kier molecular flexibility index (Phi) is 7.56. The fourth-order valence-corrected chi connectivity index (χ4v) is 4.74. The van der Waals surface area contributed by atoms with Gasteiger partial charge in [0.25, 0.3) is 0 Å². The minimum absolute atomic E-state index is 0.00272. The molecule has 0 radical (unpaired) electrons. The molecule has 0 bridgehead atoms. The lowest BCUT2D eigenvalue weighted by Crippen LogP contribution is -2.45. The lowest BCUT2D eigenvalue weighted by atomic mass is 9.74. The number of ketones is 1. The molecular formula is C25H25ClF3N5O3. The minimum atomic E-state index is -1.41. The van der Waals surface area contributed by atoms with E-state index in [-0.39, 0.29) is 55.4 Å². The standard InChI is InChI=1S/C25H25ClF3N5O3/c1-13-10-18(33-32-13)31-23-22(29)19(14(2)35)21(28)17(30-23)11-25(24(36)37)6-8-34(9-7-25)12-15-4-3-5-16(26)20(15)27/h3-5,10H,6-9,11-12H2,1-2H3,(H,36,37)(H2,30,31,32,33). The minimum Gasteiger partial charge on any atom is -0.481 e. The van der Waals surface area contributed by atoms with Crippen LogP contribution < -0.4 is 5.32 Å². The molecule has 1 saturated heterocycles. The van der Waals surface area contributed by atoms with Crippen LogP contribution in [0.15, 0.2) is 24.3 Å². The predicted molar refractivity (Wildman–Crippen MR) is 130 cm³/mol. The predicted octanol–water partition coefficient (Wildman–Crippen LogP) is 5.04. The highest BCUT2D eigenvalue weighted by molar-refractivity contribution is 6.30. The number of pyridine rings is 1. The zero-order valence-corrected chi connectivity index (χ0v) is 20.9. The van der Waals surface area contributed by atoms with E-state index >= 15 is 8.78 Å². The molecule has 1 aromatic carbocycles. The molecule has 3 heterocycles. The van der Waals surface area contributed by atoms with Crippen molar-refractivity contribution in [1.29, 1.82) is 0 Å². The van der Waals surface area contributed by atoms with Crippen LogP contribution >= 0.6 is 11.6 Å². The van der Waals surface area contributed by atoms with Gasteiger partial charge >= 0.3 is 5.97 Å². The monoisotopic (exact) mass is 535 g/mol. The maximum absolute atomic E-state index is 15.3. The molecule has 8 nitrogen and oxygen atoms in total. The maximum Gasteiger partial charge on any atom is 0.310 e. The molecule has 0 aliphatic carbocycles. The van der Waals surface area contributed by atoms with Crippen molar-refractivity contribution in [3.8, 4) is 0 Å². The maximum atomic E-state index is 15.3. The van der Waals surface area contributed by atoms with Crippen molar-refractivity contribution in [3.63, 3.8) is 0 Å². The summed E-state index contributed by atoms with van der Waals surface area (Å²) >= 11 is 5.86. The highest BCUT2D eigenvalue weighted by Gasteiger charge is 2.43. The number of aryl methyl sites for hydroxylation is 1. The zero-order valence-electron chi connectivity index (χ0n) is 20.2. The number of nitrogens with zero attached hydrogens (tertiary/aromatic N) is 3. The number of anilines is 2. The van der Waals surface area contributed by atoms with Gasteiger partial charge in [0.15, 0.2) is 29.1 Å². The van der Waals surface area contributed by atoms with Gasteiger partial charge in [-0.2, -0.15) is 5.10 Å². The Morgan fingerprint density at radius 3 is 2.49 bits per heavy atom. The first-order valence-electron chi connectivity index (χ1n) is 11.6. The number of hydrogen-bond acceptors (Lipinski definition) is 6. The number of rotatable bonds is 8. The Balaban J connectivity index is 1.60. The Bertz CT molecular complexity index is 1360. The van der Waals surface area contributed by atoms with Crippen LogP contribution in [0.25, 0.3) is 0 Å². The molecule has 0 spiro atoms. The summed E-state index contributed by atoms with van der Waals surface area (Å²) in [6, 6.07) is 6.26. The fourth-order valence-electron chi connectivity index (χ4n) is 4.54. The molecule has 3 aromatic rings. The van der Waals surface area contributed by atoms with Crippen molar-refractivity contribution in [2.45, 2.75) is 39.7 Å². The number of aliphatic carboxylic acids is 1. The van der Waals surface area contributed by atoms with E-state index in [0.717, 1.165) is 6.92 Å². The van der Waals surface area contributed by atoms with Gasteiger partial charge in [-0.05, 0) is 45.8 Å². The van der Waals surface area contributed by atoms with Gasteiger partial charge in [-0.1, -0.05) is 23.7 Å². The number of benzene rings is 1. The number of carboxylic acids is 1. The number of Topliss-reactive ketones (excluding diaryl/α,β-unsaturated/α-hetero) is 1. The first kappa shape index (κ1) is 26.6. The van der Waals surface area contributed by atoms with Gasteiger partial charge in [-0.15, -0.1) is 0 Å². The number of likely N-dealkylation sites (tertiary alicyclic amines) is 1. The quantitative estimate of drug-likeness (QED) is 0.346. The molecule has 1 aliphatic heterocycles. The summed E-state index contributed by atoms with van der Waals surface area (Å²) in [4.78, 5) is 30.4. The van der Waals surface area contributed by atoms with Crippen molar-refractivity contribution in [3.05, 3.63) is 69.3 Å². The average molecular weight is 536 g/mol. The SMILES string of the molecule is CC(=O)c1c(F)c(CC2(C(=O)O)CCN(Cc3cccc(Cl)c3F)CC2)nc(Nc2cc(C)[nH]n2)c1F. The third-order valence-electron chi connectivity index (χ3n) is 6.65. The number of aromatic amines is 1. The van der Waals surface area contributed by atoms with Gasteiger partial charge in [0.05, 0.1) is 21.7 Å². The van der Waals surface area contributed by atoms with Crippen LogP contribution in [0.3, 0.4) is 0 Å². The van der Waals surface area contributed by atoms with Crippen molar-refractivity contribution < 1.29 is 27.9 Å². The molecule has 196 valence electrons. The van der Waals surface area contributed by atoms with Crippen LogP contribution in [-0.4, -0.2) is 50.0 Å². The van der Waals surface area contributed by atoms with Gasteiger partial charge in [-0.3, -0.25) is 19.6 Å². The molecule has 1 fully saturated rings. The van der Waals surface area contributed by atoms with Crippen molar-refractivity contribution in [2.24, 2.45) is 5.41 Å². The number of carbonyl (C=O) groups excluding carboxylic acids is 1. The smallest absolute Gasteiger partial charge is 0.310 e. The molecule has 12 heteroatoms. The summed E-state index contributed by atoms with van der Waals surface area (Å²) in [5.41, 5.74) is -1.49. The lowest BCUT2D eigenvalue weighted by molar-refractivity contribution is -0.152. The van der Waals surface area contributed by atoms with Gasteiger partial charge in [0.2, 0.25) is 0 Å². The normalized spacial score (nSPS) is 15.5. The summed E-state index contributed by atoms with van der Waals surface area (Å²) in [6.45, 7) is 3.56. The van der Waals surface area contributed by atoms with E-state index in [4.69, 9.17) is 11.6 Å². The Morgan fingerprint density at radius 2 is 1.89 bits per heavy atom. The van der Waals surface area contributed by atoms with Gasteiger partial charge in [-0.25, -0.2) is 18.2 Å². The number of piperidine rings is 1. The molecule has 0 amide bonds. The first-order chi connectivity index (χ1) is 17.5. The number of aromatic nitrogens is 3. The number of hydrogen-bond donors (Lipinski definition) is 3. The van der Waals surface area contributed by atoms with Gasteiger partial charge in [0.1, 0.15) is 5.82 Å². The molecule has 2 aromatic heterocycles. The lowest BCUT2D eigenvalue weighted by Gasteiger charge is -2.39. The number of halogens is 4. The van der Waals surface area contributed by atoms with E-state index in [1.165, 1.54) is 6.07 Å². The van der Waals surface area contributed by atoms with Crippen molar-refractivity contribution in [1.82, 2.24) is 20.1 Å². The highest BCUT2D eigenvalue weighted by atomic mass is 35.5. The molecule has 0 saturated carbocycles. The molecule has 0 unspecified atom stereocenters. The summed E-state index contributed by atoms with van der Waals surface area (Å²) in [7, 11) is 0. The second-order valence-corrected chi connectivity index (χ2v) is 9.69. The third-order valence-corrected chi connectivity index (χ3v) is 6.94. The molecule has 3 N–H and O–H groups in total. The Hall–Kier alpha value is -3.44.